The standard InChI is InChI=1S/C28H34N2O.ClH/c1-2-3-4-7-22-11-14-26(15-12-22)30(27-16-18-29-19-17-27)28(31)21-23-10-13-24-8-5-6-9-25(24)20-23;/h5-6,8-15,20,27,29H,2-4,7,16-19,21H2,1H3;1H. The van der Waals surface area contributed by atoms with Gasteiger partial charge in [0.2, 0.25) is 5.91 Å². The Morgan fingerprint density at radius 1 is 0.906 bits per heavy atom. The third kappa shape index (κ3) is 6.11. The van der Waals surface area contributed by atoms with Crippen LogP contribution in [0.25, 0.3) is 10.8 Å². The van der Waals surface area contributed by atoms with Crippen LogP contribution >= 0.6 is 12.4 Å². The zero-order chi connectivity index (χ0) is 21.5. The van der Waals surface area contributed by atoms with E-state index in [9.17, 15) is 4.79 Å². The van der Waals surface area contributed by atoms with Crippen molar-refractivity contribution in [1.29, 1.82) is 0 Å². The molecule has 0 bridgehead atoms. The Labute approximate surface area is 198 Å². The Balaban J connectivity index is 0.00000289. The zero-order valence-corrected chi connectivity index (χ0v) is 19.9. The van der Waals surface area contributed by atoms with E-state index in [0.29, 0.717) is 6.42 Å². The van der Waals surface area contributed by atoms with Gasteiger partial charge >= 0.3 is 0 Å². The number of carbonyl (C=O) groups is 1. The number of unbranched alkanes of at least 4 members (excludes halogenated alkanes) is 2. The highest BCUT2D eigenvalue weighted by atomic mass is 35.5. The molecule has 1 fully saturated rings. The molecule has 1 amide bonds. The van der Waals surface area contributed by atoms with Gasteiger partial charge in [0, 0.05) is 11.7 Å². The van der Waals surface area contributed by atoms with Crippen molar-refractivity contribution in [2.75, 3.05) is 18.0 Å². The summed E-state index contributed by atoms with van der Waals surface area (Å²) in [6, 6.07) is 23.7. The molecule has 1 heterocycles. The first kappa shape index (κ1) is 24.3. The predicted octanol–water partition coefficient (Wildman–Crippen LogP) is 6.32. The molecule has 4 rings (SSSR count). The van der Waals surface area contributed by atoms with Crippen molar-refractivity contribution >= 4 is 34.8 Å². The van der Waals surface area contributed by atoms with E-state index in [2.05, 4.69) is 83.9 Å². The van der Waals surface area contributed by atoms with Crippen molar-refractivity contribution in [1.82, 2.24) is 5.32 Å². The fourth-order valence-corrected chi connectivity index (χ4v) is 4.63. The van der Waals surface area contributed by atoms with Crippen LogP contribution in [0.3, 0.4) is 0 Å². The summed E-state index contributed by atoms with van der Waals surface area (Å²) in [6.45, 7) is 4.18. The Morgan fingerprint density at radius 2 is 1.59 bits per heavy atom. The summed E-state index contributed by atoms with van der Waals surface area (Å²) in [6.07, 6.45) is 7.30. The lowest BCUT2D eigenvalue weighted by Crippen LogP contribution is -2.47. The average molecular weight is 451 g/mol. The van der Waals surface area contributed by atoms with E-state index in [1.807, 2.05) is 0 Å². The lowest BCUT2D eigenvalue weighted by Gasteiger charge is -2.35. The van der Waals surface area contributed by atoms with Gasteiger partial charge in [0.1, 0.15) is 0 Å². The van der Waals surface area contributed by atoms with Gasteiger partial charge in [0.15, 0.2) is 0 Å². The summed E-state index contributed by atoms with van der Waals surface area (Å²) in [5.41, 5.74) is 3.49. The van der Waals surface area contributed by atoms with Crippen LogP contribution in [0.2, 0.25) is 0 Å². The third-order valence-corrected chi connectivity index (χ3v) is 6.40. The highest BCUT2D eigenvalue weighted by Crippen LogP contribution is 2.25. The number of halogens is 1. The van der Waals surface area contributed by atoms with Crippen LogP contribution in [-0.4, -0.2) is 25.0 Å². The van der Waals surface area contributed by atoms with E-state index in [1.54, 1.807) is 0 Å². The number of hydrogen-bond acceptors (Lipinski definition) is 2. The predicted molar refractivity (Wildman–Crippen MR) is 138 cm³/mol. The monoisotopic (exact) mass is 450 g/mol. The van der Waals surface area contributed by atoms with Gasteiger partial charge in [-0.05, 0) is 72.8 Å². The number of anilines is 1. The van der Waals surface area contributed by atoms with E-state index in [1.165, 1.54) is 35.6 Å². The number of amides is 1. The van der Waals surface area contributed by atoms with E-state index in [0.717, 1.165) is 43.6 Å². The molecular weight excluding hydrogens is 416 g/mol. The molecule has 0 aliphatic carbocycles. The topological polar surface area (TPSA) is 32.3 Å². The van der Waals surface area contributed by atoms with Gasteiger partial charge in [0.25, 0.3) is 0 Å². The van der Waals surface area contributed by atoms with E-state index < -0.39 is 0 Å². The molecule has 3 aromatic carbocycles. The summed E-state index contributed by atoms with van der Waals surface area (Å²) in [5, 5.41) is 5.84. The number of fused-ring (bicyclic) bond motifs is 1. The number of nitrogens with zero attached hydrogens (tertiary/aromatic N) is 1. The molecule has 1 aliphatic rings. The summed E-state index contributed by atoms with van der Waals surface area (Å²) in [7, 11) is 0. The normalized spacial score (nSPS) is 14.2. The van der Waals surface area contributed by atoms with Crippen molar-refractivity contribution < 1.29 is 4.79 Å². The van der Waals surface area contributed by atoms with Gasteiger partial charge in [-0.2, -0.15) is 0 Å². The average Bonchev–Trinajstić information content (AvgIpc) is 2.81. The second kappa shape index (κ2) is 12.0. The van der Waals surface area contributed by atoms with Crippen LogP contribution in [0.1, 0.15) is 50.2 Å². The van der Waals surface area contributed by atoms with Gasteiger partial charge < -0.3 is 10.2 Å². The first-order chi connectivity index (χ1) is 15.2. The molecular formula is C28H35ClN2O. The number of benzene rings is 3. The number of nitrogens with one attached hydrogen (secondary N) is 1. The summed E-state index contributed by atoms with van der Waals surface area (Å²) < 4.78 is 0. The first-order valence-corrected chi connectivity index (χ1v) is 11.8. The molecule has 0 unspecified atom stereocenters. The summed E-state index contributed by atoms with van der Waals surface area (Å²) in [5.74, 6) is 0.195. The molecule has 0 radical (unpaired) electrons. The summed E-state index contributed by atoms with van der Waals surface area (Å²) >= 11 is 0. The molecule has 0 spiro atoms. The number of carbonyl (C=O) groups excluding carboxylic acids is 1. The first-order valence-electron chi connectivity index (χ1n) is 11.8. The lowest BCUT2D eigenvalue weighted by atomic mass is 10.00. The second-order valence-corrected chi connectivity index (χ2v) is 8.73. The van der Waals surface area contributed by atoms with Crippen molar-refractivity contribution in [2.24, 2.45) is 0 Å². The number of hydrogen-bond donors (Lipinski definition) is 1. The number of piperidine rings is 1. The molecule has 1 N–H and O–H groups in total. The molecule has 170 valence electrons. The van der Waals surface area contributed by atoms with Crippen molar-refractivity contribution in [3.05, 3.63) is 77.9 Å². The summed E-state index contributed by atoms with van der Waals surface area (Å²) in [4.78, 5) is 15.6. The maximum Gasteiger partial charge on any atom is 0.231 e. The molecule has 0 aromatic heterocycles. The van der Waals surface area contributed by atoms with Crippen LogP contribution in [0.15, 0.2) is 66.7 Å². The maximum absolute atomic E-state index is 13.5. The SMILES string of the molecule is CCCCCc1ccc(N(C(=O)Cc2ccc3ccccc3c2)C2CCNCC2)cc1.Cl. The van der Waals surface area contributed by atoms with Gasteiger partial charge in [0.05, 0.1) is 6.42 Å². The van der Waals surface area contributed by atoms with E-state index >= 15 is 0 Å². The Kier molecular flexibility index (Phi) is 9.13. The minimum atomic E-state index is 0. The molecule has 1 saturated heterocycles. The fourth-order valence-electron chi connectivity index (χ4n) is 4.63. The Morgan fingerprint density at radius 3 is 2.31 bits per heavy atom. The molecule has 3 nitrogen and oxygen atoms in total. The van der Waals surface area contributed by atoms with Crippen LogP contribution in [0.4, 0.5) is 5.69 Å². The Bertz CT molecular complexity index is 996. The van der Waals surface area contributed by atoms with Crippen molar-refractivity contribution in [3.63, 3.8) is 0 Å². The van der Waals surface area contributed by atoms with Gasteiger partial charge in [-0.25, -0.2) is 0 Å². The van der Waals surface area contributed by atoms with E-state index in [-0.39, 0.29) is 24.4 Å². The molecule has 4 heteroatoms. The zero-order valence-electron chi connectivity index (χ0n) is 19.1. The lowest BCUT2D eigenvalue weighted by molar-refractivity contribution is -0.118. The van der Waals surface area contributed by atoms with Gasteiger partial charge in [-0.1, -0.05) is 74.4 Å². The maximum atomic E-state index is 13.5. The van der Waals surface area contributed by atoms with Crippen LogP contribution in [0, 0.1) is 0 Å². The molecule has 3 aromatic rings. The fraction of sp³-hybridized carbons (Fsp3) is 0.393. The molecule has 32 heavy (non-hydrogen) atoms. The molecule has 0 saturated carbocycles. The minimum Gasteiger partial charge on any atom is -0.317 e. The molecule has 0 atom stereocenters. The van der Waals surface area contributed by atoms with Gasteiger partial charge in [-0.3, -0.25) is 4.79 Å². The number of aryl methyl sites for hydroxylation is 1. The second-order valence-electron chi connectivity index (χ2n) is 8.73. The highest BCUT2D eigenvalue weighted by Gasteiger charge is 2.26. The van der Waals surface area contributed by atoms with Crippen LogP contribution < -0.4 is 10.2 Å². The Hall–Kier alpha value is -2.36. The third-order valence-electron chi connectivity index (χ3n) is 6.40. The van der Waals surface area contributed by atoms with Gasteiger partial charge in [-0.15, -0.1) is 12.4 Å². The van der Waals surface area contributed by atoms with Crippen molar-refractivity contribution in [3.8, 4) is 0 Å². The smallest absolute Gasteiger partial charge is 0.231 e. The van der Waals surface area contributed by atoms with Crippen LogP contribution in [-0.2, 0) is 17.6 Å². The van der Waals surface area contributed by atoms with Crippen molar-refractivity contribution in [2.45, 2.75) is 57.9 Å². The largest absolute Gasteiger partial charge is 0.317 e. The van der Waals surface area contributed by atoms with E-state index in [4.69, 9.17) is 0 Å². The highest BCUT2D eigenvalue weighted by molar-refractivity contribution is 5.96. The molecule has 1 aliphatic heterocycles. The number of rotatable bonds is 8. The quantitative estimate of drug-likeness (QED) is 0.407. The minimum absolute atomic E-state index is 0. The van der Waals surface area contributed by atoms with Crippen LogP contribution in [0.5, 0.6) is 0 Å².